The molecule has 1 aliphatic rings. The zero-order valence-corrected chi connectivity index (χ0v) is 17.0. The van der Waals surface area contributed by atoms with Gasteiger partial charge < -0.3 is 0 Å². The number of unbranched alkanes of at least 4 members (excludes halogenated alkanes) is 1. The number of nitrogens with zero attached hydrogens (tertiary/aromatic N) is 1. The summed E-state index contributed by atoms with van der Waals surface area (Å²) in [5, 5.41) is 1.74. The molecule has 2 aromatic rings. The number of aryl methyl sites for hydroxylation is 1. The van der Waals surface area contributed by atoms with Crippen molar-refractivity contribution in [1.29, 1.82) is 0 Å². The van der Waals surface area contributed by atoms with Crippen molar-refractivity contribution < 1.29 is 16.8 Å². The third-order valence-corrected chi connectivity index (χ3v) is 8.79. The molecule has 0 bridgehead atoms. The summed E-state index contributed by atoms with van der Waals surface area (Å²) in [5.41, 5.74) is 1.95. The first-order chi connectivity index (χ1) is 12.3. The quantitative estimate of drug-likeness (QED) is 0.752. The normalized spacial score (nSPS) is 14.9. The lowest BCUT2D eigenvalue weighted by Gasteiger charge is -2.30. The van der Waals surface area contributed by atoms with E-state index in [2.05, 4.69) is 4.72 Å². The molecule has 1 aromatic heterocycles. The molecule has 0 spiro atoms. The van der Waals surface area contributed by atoms with Crippen molar-refractivity contribution in [3.05, 3.63) is 41.3 Å². The molecule has 0 fully saturated rings. The smallest absolute Gasteiger partial charge is 0.273 e. The van der Waals surface area contributed by atoms with Gasteiger partial charge in [-0.2, -0.15) is 0 Å². The maximum atomic E-state index is 12.9. The Morgan fingerprint density at radius 2 is 2.00 bits per heavy atom. The molecular formula is C17H22N2O4S3. The molecule has 1 aromatic carbocycles. The van der Waals surface area contributed by atoms with Crippen LogP contribution in [-0.2, 0) is 26.5 Å². The highest BCUT2D eigenvalue weighted by Crippen LogP contribution is 2.35. The predicted molar refractivity (Wildman–Crippen MR) is 106 cm³/mol. The molecule has 0 amide bonds. The topological polar surface area (TPSA) is 83.6 Å². The molecule has 0 saturated carbocycles. The molecule has 3 rings (SSSR count). The highest BCUT2D eigenvalue weighted by molar-refractivity contribution is 7.94. The predicted octanol–water partition coefficient (Wildman–Crippen LogP) is 3.43. The average molecular weight is 415 g/mol. The second-order valence-corrected chi connectivity index (χ2v) is 11.1. The number of sulfonamides is 2. The van der Waals surface area contributed by atoms with E-state index in [-0.39, 0.29) is 5.75 Å². The van der Waals surface area contributed by atoms with Crippen LogP contribution in [0, 0.1) is 0 Å². The van der Waals surface area contributed by atoms with Crippen LogP contribution in [0.4, 0.5) is 11.4 Å². The lowest BCUT2D eigenvalue weighted by atomic mass is 10.0. The number of anilines is 2. The van der Waals surface area contributed by atoms with Gasteiger partial charge in [-0.25, -0.2) is 16.8 Å². The van der Waals surface area contributed by atoms with Crippen LogP contribution in [0.2, 0.25) is 0 Å². The molecule has 26 heavy (non-hydrogen) atoms. The molecular weight excluding hydrogens is 392 g/mol. The summed E-state index contributed by atoms with van der Waals surface area (Å²) in [4.78, 5) is 0. The summed E-state index contributed by atoms with van der Waals surface area (Å²) in [6.45, 7) is 2.37. The largest absolute Gasteiger partial charge is 0.284 e. The van der Waals surface area contributed by atoms with Gasteiger partial charge >= 0.3 is 0 Å². The Morgan fingerprint density at radius 3 is 2.69 bits per heavy atom. The van der Waals surface area contributed by atoms with E-state index < -0.39 is 20.0 Å². The van der Waals surface area contributed by atoms with Gasteiger partial charge in [0.1, 0.15) is 4.21 Å². The highest BCUT2D eigenvalue weighted by Gasteiger charge is 2.30. The lowest BCUT2D eigenvalue weighted by Crippen LogP contribution is -2.35. The second-order valence-electron chi connectivity index (χ2n) is 6.23. The molecule has 1 N–H and O–H groups in total. The minimum absolute atomic E-state index is 0.0828. The van der Waals surface area contributed by atoms with Gasteiger partial charge in [-0.3, -0.25) is 9.03 Å². The fourth-order valence-corrected chi connectivity index (χ4v) is 6.86. The van der Waals surface area contributed by atoms with Gasteiger partial charge in [0.2, 0.25) is 10.0 Å². The molecule has 6 nitrogen and oxygen atoms in total. The van der Waals surface area contributed by atoms with E-state index in [0.717, 1.165) is 18.4 Å². The van der Waals surface area contributed by atoms with Crippen LogP contribution in [0.1, 0.15) is 31.7 Å². The van der Waals surface area contributed by atoms with Crippen molar-refractivity contribution in [3.8, 4) is 0 Å². The van der Waals surface area contributed by atoms with Gasteiger partial charge in [-0.1, -0.05) is 19.4 Å². The lowest BCUT2D eigenvalue weighted by molar-refractivity contribution is 0.588. The maximum absolute atomic E-state index is 12.9. The van der Waals surface area contributed by atoms with Crippen molar-refractivity contribution in [2.24, 2.45) is 0 Å². The molecule has 0 unspecified atom stereocenters. The van der Waals surface area contributed by atoms with E-state index >= 15 is 0 Å². The third kappa shape index (κ3) is 4.05. The average Bonchev–Trinajstić information content (AvgIpc) is 3.14. The summed E-state index contributed by atoms with van der Waals surface area (Å²) >= 11 is 1.20. The molecule has 9 heteroatoms. The van der Waals surface area contributed by atoms with Crippen LogP contribution in [0.5, 0.6) is 0 Å². The monoisotopic (exact) mass is 414 g/mol. The Labute approximate surface area is 159 Å². The van der Waals surface area contributed by atoms with E-state index in [9.17, 15) is 16.8 Å². The molecule has 142 valence electrons. The summed E-state index contributed by atoms with van der Waals surface area (Å²) in [6.07, 6.45) is 2.83. The Morgan fingerprint density at radius 1 is 1.19 bits per heavy atom. The number of thiophene rings is 1. The first kappa shape index (κ1) is 19.2. The molecule has 0 atom stereocenters. The van der Waals surface area contributed by atoms with Crippen molar-refractivity contribution in [2.75, 3.05) is 21.3 Å². The third-order valence-electron chi connectivity index (χ3n) is 4.23. The zero-order chi connectivity index (χ0) is 18.8. The zero-order valence-electron chi connectivity index (χ0n) is 14.5. The van der Waals surface area contributed by atoms with E-state index in [0.29, 0.717) is 35.0 Å². The molecule has 0 aliphatic carbocycles. The summed E-state index contributed by atoms with van der Waals surface area (Å²) < 4.78 is 54.2. The van der Waals surface area contributed by atoms with Crippen LogP contribution in [0.3, 0.4) is 0 Å². The van der Waals surface area contributed by atoms with Crippen LogP contribution < -0.4 is 9.03 Å². The minimum Gasteiger partial charge on any atom is -0.284 e. The fourth-order valence-electron chi connectivity index (χ4n) is 2.96. The number of nitrogens with one attached hydrogen (secondary N) is 1. The van der Waals surface area contributed by atoms with Crippen molar-refractivity contribution >= 4 is 42.8 Å². The van der Waals surface area contributed by atoms with Gasteiger partial charge in [-0.05, 0) is 54.5 Å². The Hall–Kier alpha value is -1.58. The van der Waals surface area contributed by atoms with Crippen molar-refractivity contribution in [1.82, 2.24) is 0 Å². The first-order valence-corrected chi connectivity index (χ1v) is 12.5. The van der Waals surface area contributed by atoms with E-state index in [1.165, 1.54) is 15.6 Å². The van der Waals surface area contributed by atoms with Crippen molar-refractivity contribution in [2.45, 2.75) is 36.8 Å². The number of hydrogen-bond acceptors (Lipinski definition) is 5. The Bertz CT molecular complexity index is 967. The van der Waals surface area contributed by atoms with Crippen LogP contribution in [-0.4, -0.2) is 29.1 Å². The number of hydrogen-bond donors (Lipinski definition) is 1. The van der Waals surface area contributed by atoms with E-state index in [1.807, 2.05) is 6.92 Å². The SMILES string of the molecule is CCCCS(=O)(=O)Nc1ccc2c(c1)CCCN2S(=O)(=O)c1cccs1. The number of fused-ring (bicyclic) bond motifs is 1. The maximum Gasteiger partial charge on any atom is 0.273 e. The van der Waals surface area contributed by atoms with Crippen LogP contribution in [0.15, 0.2) is 39.9 Å². The Balaban J connectivity index is 1.88. The summed E-state index contributed by atoms with van der Waals surface area (Å²) in [7, 11) is -6.96. The minimum atomic E-state index is -3.58. The molecule has 0 saturated heterocycles. The summed E-state index contributed by atoms with van der Waals surface area (Å²) in [5.74, 6) is 0.0828. The van der Waals surface area contributed by atoms with E-state index in [1.54, 1.807) is 35.7 Å². The van der Waals surface area contributed by atoms with Crippen molar-refractivity contribution in [3.63, 3.8) is 0 Å². The molecule has 0 radical (unpaired) electrons. The standard InChI is InChI=1S/C17H22N2O4S3/c1-2-3-12-25(20,21)18-15-8-9-16-14(13-15)6-4-10-19(16)26(22,23)17-7-5-11-24-17/h5,7-9,11,13,18H,2-4,6,10,12H2,1H3. The van der Waals surface area contributed by atoms with E-state index in [4.69, 9.17) is 0 Å². The van der Waals surface area contributed by atoms with Gasteiger partial charge in [0.25, 0.3) is 10.0 Å². The van der Waals surface area contributed by atoms with Crippen LogP contribution >= 0.6 is 11.3 Å². The second kappa shape index (κ2) is 7.58. The van der Waals surface area contributed by atoms with Gasteiger partial charge in [0, 0.05) is 12.2 Å². The fraction of sp³-hybridized carbons (Fsp3) is 0.412. The van der Waals surface area contributed by atoms with Gasteiger partial charge in [-0.15, -0.1) is 11.3 Å². The first-order valence-electron chi connectivity index (χ1n) is 8.53. The molecule has 1 aliphatic heterocycles. The van der Waals surface area contributed by atoms with Gasteiger partial charge in [0.05, 0.1) is 11.4 Å². The van der Waals surface area contributed by atoms with Crippen LogP contribution in [0.25, 0.3) is 0 Å². The summed E-state index contributed by atoms with van der Waals surface area (Å²) in [6, 6.07) is 8.39. The van der Waals surface area contributed by atoms with Gasteiger partial charge in [0.15, 0.2) is 0 Å². The number of rotatable bonds is 7. The molecule has 2 heterocycles. The Kier molecular flexibility index (Phi) is 5.59. The number of benzene rings is 1. The highest BCUT2D eigenvalue weighted by atomic mass is 32.2.